The lowest BCUT2D eigenvalue weighted by atomic mass is 9.94. The van der Waals surface area contributed by atoms with Gasteiger partial charge in [0.2, 0.25) is 12.7 Å². The second kappa shape index (κ2) is 9.23. The highest BCUT2D eigenvalue weighted by atomic mass is 16.7. The minimum atomic E-state index is -0.530. The number of likely N-dealkylation sites (N-methyl/N-ethyl adjacent to an activating group) is 1. The Balaban J connectivity index is 0.00000294. The molecule has 1 saturated carbocycles. The summed E-state index contributed by atoms with van der Waals surface area (Å²) < 4.78 is 10.9. The molecular weight excluding hydrogens is 466 g/mol. The number of nitrogens with zero attached hydrogens (tertiary/aromatic N) is 2. The van der Waals surface area contributed by atoms with Crippen molar-refractivity contribution >= 4 is 17.5 Å². The first-order valence-electron chi connectivity index (χ1n) is 12.8. The van der Waals surface area contributed by atoms with Crippen molar-refractivity contribution in [3.63, 3.8) is 0 Å². The van der Waals surface area contributed by atoms with Gasteiger partial charge in [-0.25, -0.2) is 0 Å². The van der Waals surface area contributed by atoms with E-state index in [1.165, 1.54) is 0 Å². The average molecular weight is 500 g/mol. The van der Waals surface area contributed by atoms with Gasteiger partial charge in [0.25, 0.3) is 5.91 Å². The van der Waals surface area contributed by atoms with Crippen LogP contribution < -0.4 is 14.8 Å². The predicted octanol–water partition coefficient (Wildman–Crippen LogP) is 4.69. The summed E-state index contributed by atoms with van der Waals surface area (Å²) in [6.45, 7) is 5.58. The molecule has 37 heavy (non-hydrogen) atoms. The van der Waals surface area contributed by atoms with E-state index in [0.717, 1.165) is 72.7 Å². The molecule has 2 amide bonds. The SMILES string of the molecule is Cc1ccc(NC(=O)C2(c3ccc4c(c3)OCO4)CC2)cc1-c1ccc(C(=O)N2CCN(C)CC2)cc1.[HH]. The van der Waals surface area contributed by atoms with Crippen LogP contribution in [0.5, 0.6) is 11.5 Å². The van der Waals surface area contributed by atoms with Crippen LogP contribution in [0.15, 0.2) is 60.7 Å². The molecule has 0 spiro atoms. The van der Waals surface area contributed by atoms with Gasteiger partial charge < -0.3 is 24.6 Å². The number of amides is 2. The summed E-state index contributed by atoms with van der Waals surface area (Å²) in [6, 6.07) is 19.5. The molecule has 0 bridgehead atoms. The number of carbonyl (C=O) groups excluding carboxylic acids is 2. The van der Waals surface area contributed by atoms with Crippen LogP contribution in [0.4, 0.5) is 5.69 Å². The van der Waals surface area contributed by atoms with E-state index in [-0.39, 0.29) is 20.0 Å². The molecule has 2 aliphatic heterocycles. The third-order valence-electron chi connectivity index (χ3n) is 7.84. The third-order valence-corrected chi connectivity index (χ3v) is 7.84. The number of benzene rings is 3. The van der Waals surface area contributed by atoms with E-state index < -0.39 is 5.41 Å². The topological polar surface area (TPSA) is 71.1 Å². The molecule has 3 aromatic carbocycles. The van der Waals surface area contributed by atoms with Gasteiger partial charge in [0.05, 0.1) is 5.41 Å². The van der Waals surface area contributed by atoms with Gasteiger partial charge in [0.1, 0.15) is 0 Å². The normalized spacial score (nSPS) is 17.9. The largest absolute Gasteiger partial charge is 0.454 e. The third kappa shape index (κ3) is 4.44. The van der Waals surface area contributed by atoms with Crippen molar-refractivity contribution < 1.29 is 20.5 Å². The lowest BCUT2D eigenvalue weighted by Crippen LogP contribution is -2.47. The molecule has 3 aliphatic rings. The van der Waals surface area contributed by atoms with Gasteiger partial charge in [0.15, 0.2) is 11.5 Å². The average Bonchev–Trinajstić information content (AvgIpc) is 3.60. The Morgan fingerprint density at radius 1 is 0.892 bits per heavy atom. The molecule has 7 heteroatoms. The molecule has 0 radical (unpaired) electrons. The molecule has 1 saturated heterocycles. The summed E-state index contributed by atoms with van der Waals surface area (Å²) in [7, 11) is 2.08. The molecule has 1 aliphatic carbocycles. The highest BCUT2D eigenvalue weighted by Crippen LogP contribution is 2.51. The van der Waals surface area contributed by atoms with Gasteiger partial charge in [-0.2, -0.15) is 0 Å². The zero-order valence-corrected chi connectivity index (χ0v) is 21.3. The summed E-state index contributed by atoms with van der Waals surface area (Å²) in [4.78, 5) is 30.5. The fourth-order valence-corrected chi connectivity index (χ4v) is 5.21. The summed E-state index contributed by atoms with van der Waals surface area (Å²) >= 11 is 0. The Labute approximate surface area is 218 Å². The zero-order valence-electron chi connectivity index (χ0n) is 21.3. The van der Waals surface area contributed by atoms with Crippen LogP contribution in [0, 0.1) is 6.92 Å². The quantitative estimate of drug-likeness (QED) is 0.551. The number of rotatable bonds is 5. The maximum absolute atomic E-state index is 13.4. The molecule has 3 aromatic rings. The fraction of sp³-hybridized carbons (Fsp3) is 0.333. The Hall–Kier alpha value is -3.84. The monoisotopic (exact) mass is 499 g/mol. The van der Waals surface area contributed by atoms with Crippen molar-refractivity contribution in [1.82, 2.24) is 9.80 Å². The first kappa shape index (κ1) is 23.6. The van der Waals surface area contributed by atoms with Crippen LogP contribution in [0.25, 0.3) is 11.1 Å². The van der Waals surface area contributed by atoms with E-state index in [4.69, 9.17) is 9.47 Å². The minimum Gasteiger partial charge on any atom is -0.454 e. The summed E-state index contributed by atoms with van der Waals surface area (Å²) in [5.74, 6) is 1.49. The van der Waals surface area contributed by atoms with E-state index in [0.29, 0.717) is 11.3 Å². The molecular formula is C30H33N3O4. The summed E-state index contributed by atoms with van der Waals surface area (Å²) in [6.07, 6.45) is 1.61. The molecule has 1 N–H and O–H groups in total. The lowest BCUT2D eigenvalue weighted by Gasteiger charge is -2.32. The Morgan fingerprint density at radius 3 is 2.35 bits per heavy atom. The van der Waals surface area contributed by atoms with E-state index in [1.807, 2.05) is 65.6 Å². The number of fused-ring (bicyclic) bond motifs is 1. The van der Waals surface area contributed by atoms with Crippen LogP contribution in [0.1, 0.15) is 35.8 Å². The number of aryl methyl sites for hydroxylation is 1. The first-order valence-corrected chi connectivity index (χ1v) is 12.8. The van der Waals surface area contributed by atoms with Crippen molar-refractivity contribution in [3.8, 4) is 22.6 Å². The second-order valence-electron chi connectivity index (χ2n) is 10.3. The van der Waals surface area contributed by atoms with Crippen LogP contribution >= 0.6 is 0 Å². The van der Waals surface area contributed by atoms with Gasteiger partial charge in [-0.15, -0.1) is 0 Å². The smallest absolute Gasteiger partial charge is 0.253 e. The molecule has 2 fully saturated rings. The minimum absolute atomic E-state index is 0. The number of ether oxygens (including phenoxy) is 2. The van der Waals surface area contributed by atoms with Crippen LogP contribution in [-0.2, 0) is 10.2 Å². The van der Waals surface area contributed by atoms with Crippen molar-refractivity contribution in [3.05, 3.63) is 77.4 Å². The predicted molar refractivity (Wildman–Crippen MR) is 144 cm³/mol. The molecule has 0 atom stereocenters. The Kier molecular flexibility index (Phi) is 5.88. The molecule has 0 aromatic heterocycles. The molecule has 6 rings (SSSR count). The van der Waals surface area contributed by atoms with Crippen LogP contribution in [0.3, 0.4) is 0 Å². The van der Waals surface area contributed by atoms with Crippen molar-refractivity contribution in [2.45, 2.75) is 25.2 Å². The summed E-state index contributed by atoms with van der Waals surface area (Å²) in [5.41, 5.74) is 5.04. The molecule has 2 heterocycles. The van der Waals surface area contributed by atoms with E-state index >= 15 is 0 Å². The molecule has 0 unspecified atom stereocenters. The van der Waals surface area contributed by atoms with Crippen LogP contribution in [0.2, 0.25) is 0 Å². The zero-order chi connectivity index (χ0) is 25.6. The summed E-state index contributed by atoms with van der Waals surface area (Å²) in [5, 5.41) is 3.15. The van der Waals surface area contributed by atoms with Crippen molar-refractivity contribution in [2.24, 2.45) is 0 Å². The standard InChI is InChI=1S/C30H31N3O4.H2/c1-20-3-9-24(31-29(35)30(11-12-30)23-8-10-26-27(17-23)37-19-36-26)18-25(20)21-4-6-22(7-5-21)28(34)33-15-13-32(2)14-16-33;/h3-10,17-18H,11-16,19H2,1-2H3,(H,31,35);1H. The van der Waals surface area contributed by atoms with E-state index in [1.54, 1.807) is 0 Å². The number of hydrogen-bond donors (Lipinski definition) is 1. The second-order valence-corrected chi connectivity index (χ2v) is 10.3. The van der Waals surface area contributed by atoms with Crippen LogP contribution in [-0.4, -0.2) is 61.6 Å². The van der Waals surface area contributed by atoms with Gasteiger partial charge >= 0.3 is 0 Å². The Bertz CT molecular complexity index is 1360. The number of carbonyl (C=O) groups is 2. The number of piperazine rings is 1. The van der Waals surface area contributed by atoms with Crippen molar-refractivity contribution in [2.75, 3.05) is 45.3 Å². The lowest BCUT2D eigenvalue weighted by molar-refractivity contribution is -0.118. The van der Waals surface area contributed by atoms with E-state index in [2.05, 4.69) is 24.2 Å². The number of hydrogen-bond acceptors (Lipinski definition) is 5. The number of nitrogens with one attached hydrogen (secondary N) is 1. The molecule has 7 nitrogen and oxygen atoms in total. The molecule has 192 valence electrons. The highest BCUT2D eigenvalue weighted by Gasteiger charge is 2.51. The van der Waals surface area contributed by atoms with Gasteiger partial charge in [0, 0.05) is 38.9 Å². The first-order chi connectivity index (χ1) is 17.9. The van der Waals surface area contributed by atoms with Gasteiger partial charge in [-0.3, -0.25) is 9.59 Å². The maximum Gasteiger partial charge on any atom is 0.253 e. The highest BCUT2D eigenvalue weighted by molar-refractivity contribution is 6.02. The maximum atomic E-state index is 13.4. The van der Waals surface area contributed by atoms with E-state index in [9.17, 15) is 9.59 Å². The van der Waals surface area contributed by atoms with Gasteiger partial charge in [-0.1, -0.05) is 24.3 Å². The Morgan fingerprint density at radius 2 is 1.62 bits per heavy atom. The van der Waals surface area contributed by atoms with Crippen molar-refractivity contribution in [1.29, 1.82) is 0 Å². The van der Waals surface area contributed by atoms with Gasteiger partial charge in [-0.05, 0) is 85.5 Å². The number of anilines is 1. The fourth-order valence-electron chi connectivity index (χ4n) is 5.21.